The van der Waals surface area contributed by atoms with Crippen LogP contribution in [0, 0.1) is 0 Å². The molecule has 0 saturated carbocycles. The molecule has 0 heterocycles. The minimum Gasteiger partial charge on any atom is -0.493 e. The van der Waals surface area contributed by atoms with Crippen LogP contribution in [-0.2, 0) is 9.59 Å². The second-order valence-corrected chi connectivity index (χ2v) is 5.74. The third-order valence-electron chi connectivity index (χ3n) is 3.52. The molecule has 3 N–H and O–H groups in total. The third kappa shape index (κ3) is 4.87. The molecule has 25 heavy (non-hydrogen) atoms. The second-order valence-electron chi connectivity index (χ2n) is 5.31. The quantitative estimate of drug-likeness (QED) is 0.791. The zero-order valence-electron chi connectivity index (χ0n) is 13.9. The van der Waals surface area contributed by atoms with Crippen LogP contribution in [0.3, 0.4) is 0 Å². The molecule has 0 spiro atoms. The molecule has 132 valence electrons. The molecule has 0 radical (unpaired) electrons. The Bertz CT molecular complexity index is 749. The van der Waals surface area contributed by atoms with Gasteiger partial charge in [-0.1, -0.05) is 35.9 Å². The van der Waals surface area contributed by atoms with Gasteiger partial charge >= 0.3 is 0 Å². The first kappa shape index (κ1) is 18.6. The van der Waals surface area contributed by atoms with Crippen molar-refractivity contribution in [3.05, 3.63) is 59.1 Å². The third-order valence-corrected chi connectivity index (χ3v) is 3.77. The molecule has 0 aliphatic heterocycles. The Hall–Kier alpha value is -2.73. The van der Waals surface area contributed by atoms with Crippen LogP contribution in [0.25, 0.3) is 0 Å². The molecule has 2 aromatic rings. The Morgan fingerprint density at radius 2 is 1.68 bits per heavy atom. The summed E-state index contributed by atoms with van der Waals surface area (Å²) in [6, 6.07) is 12.5. The minimum atomic E-state index is -0.978. The molecule has 0 fully saturated rings. The number of primary amides is 1. The molecule has 6 nitrogen and oxygen atoms in total. The smallest absolute Gasteiger partial charge is 0.261 e. The Morgan fingerprint density at radius 1 is 1.08 bits per heavy atom. The number of benzene rings is 2. The molecule has 0 saturated heterocycles. The van der Waals surface area contributed by atoms with E-state index in [-0.39, 0.29) is 0 Å². The number of hydrogen-bond donors (Lipinski definition) is 2. The minimum absolute atomic E-state index is 0.426. The largest absolute Gasteiger partial charge is 0.493 e. The van der Waals surface area contributed by atoms with Crippen LogP contribution in [0.5, 0.6) is 11.5 Å². The summed E-state index contributed by atoms with van der Waals surface area (Å²) in [6.07, 6.45) is -0.856. The van der Waals surface area contributed by atoms with E-state index in [2.05, 4.69) is 5.32 Å². The van der Waals surface area contributed by atoms with Gasteiger partial charge in [-0.15, -0.1) is 0 Å². The van der Waals surface area contributed by atoms with Gasteiger partial charge in [0.1, 0.15) is 6.04 Å². The van der Waals surface area contributed by atoms with E-state index in [1.807, 2.05) is 0 Å². The molecule has 0 aliphatic carbocycles. The number of halogens is 1. The van der Waals surface area contributed by atoms with Crippen LogP contribution < -0.4 is 20.5 Å². The number of carbonyl (C=O) groups excluding carboxylic acids is 2. The Kier molecular flexibility index (Phi) is 6.25. The predicted octanol–water partition coefficient (Wildman–Crippen LogP) is 2.46. The van der Waals surface area contributed by atoms with Gasteiger partial charge in [-0.2, -0.15) is 0 Å². The van der Waals surface area contributed by atoms with Gasteiger partial charge in [-0.25, -0.2) is 0 Å². The highest BCUT2D eigenvalue weighted by Crippen LogP contribution is 2.27. The standard InChI is InChI=1S/C18H19ClN2O4/c1-11(25-15-6-4-3-5-14(15)24-2)18(23)21-16(17(20)22)12-7-9-13(19)10-8-12/h3-11,16H,1-2H3,(H2,20,22)(H,21,23). The molecule has 2 amide bonds. The maximum Gasteiger partial charge on any atom is 0.261 e. The number of para-hydroxylation sites is 2. The topological polar surface area (TPSA) is 90.7 Å². The maximum atomic E-state index is 12.4. The Morgan fingerprint density at radius 3 is 2.24 bits per heavy atom. The number of nitrogens with two attached hydrogens (primary N) is 1. The van der Waals surface area contributed by atoms with Gasteiger partial charge in [0, 0.05) is 5.02 Å². The second kappa shape index (κ2) is 8.39. The number of amides is 2. The van der Waals surface area contributed by atoms with Gasteiger partial charge in [0.2, 0.25) is 5.91 Å². The number of ether oxygens (including phenoxy) is 2. The fourth-order valence-corrected chi connectivity index (χ4v) is 2.32. The van der Waals surface area contributed by atoms with Gasteiger partial charge in [-0.05, 0) is 36.8 Å². The summed E-state index contributed by atoms with van der Waals surface area (Å²) in [5.41, 5.74) is 5.94. The van der Waals surface area contributed by atoms with Crippen LogP contribution in [0.1, 0.15) is 18.5 Å². The fourth-order valence-electron chi connectivity index (χ4n) is 2.19. The lowest BCUT2D eigenvalue weighted by atomic mass is 10.1. The van der Waals surface area contributed by atoms with Crippen LogP contribution in [-0.4, -0.2) is 25.0 Å². The Labute approximate surface area is 150 Å². The van der Waals surface area contributed by atoms with Crippen LogP contribution in [0.15, 0.2) is 48.5 Å². The first-order valence-electron chi connectivity index (χ1n) is 7.57. The van der Waals surface area contributed by atoms with Crippen molar-refractivity contribution < 1.29 is 19.1 Å². The lowest BCUT2D eigenvalue weighted by Gasteiger charge is -2.20. The summed E-state index contributed by atoms with van der Waals surface area (Å²) in [5, 5.41) is 3.11. The van der Waals surface area contributed by atoms with Crippen molar-refractivity contribution in [2.24, 2.45) is 5.73 Å². The van der Waals surface area contributed by atoms with E-state index in [0.717, 1.165) is 0 Å². The van der Waals surface area contributed by atoms with Crippen LogP contribution in [0.4, 0.5) is 0 Å². The highest BCUT2D eigenvalue weighted by molar-refractivity contribution is 6.30. The lowest BCUT2D eigenvalue weighted by molar-refractivity contribution is -0.131. The van der Waals surface area contributed by atoms with E-state index < -0.39 is 24.0 Å². The van der Waals surface area contributed by atoms with Gasteiger partial charge < -0.3 is 20.5 Å². The lowest BCUT2D eigenvalue weighted by Crippen LogP contribution is -2.43. The number of rotatable bonds is 7. The van der Waals surface area contributed by atoms with Crippen molar-refractivity contribution in [1.29, 1.82) is 0 Å². The van der Waals surface area contributed by atoms with Gasteiger partial charge in [0.25, 0.3) is 5.91 Å². The average Bonchev–Trinajstić information content (AvgIpc) is 2.60. The first-order valence-corrected chi connectivity index (χ1v) is 7.95. The van der Waals surface area contributed by atoms with Gasteiger partial charge in [0.05, 0.1) is 7.11 Å². The average molecular weight is 363 g/mol. The van der Waals surface area contributed by atoms with Crippen LogP contribution >= 0.6 is 11.6 Å². The molecule has 7 heteroatoms. The monoisotopic (exact) mass is 362 g/mol. The van der Waals surface area contributed by atoms with E-state index in [1.165, 1.54) is 7.11 Å². The normalized spacial score (nSPS) is 12.8. The molecule has 2 unspecified atom stereocenters. The summed E-state index contributed by atoms with van der Waals surface area (Å²) in [4.78, 5) is 24.1. The molecular formula is C18H19ClN2O4. The van der Waals surface area contributed by atoms with E-state index in [9.17, 15) is 9.59 Å². The summed E-state index contributed by atoms with van der Waals surface area (Å²) >= 11 is 5.84. The fraction of sp³-hybridized carbons (Fsp3) is 0.222. The van der Waals surface area contributed by atoms with Crippen molar-refractivity contribution in [2.45, 2.75) is 19.1 Å². The zero-order chi connectivity index (χ0) is 18.4. The van der Waals surface area contributed by atoms with E-state index >= 15 is 0 Å². The zero-order valence-corrected chi connectivity index (χ0v) is 14.6. The van der Waals surface area contributed by atoms with Crippen molar-refractivity contribution in [1.82, 2.24) is 5.32 Å². The number of methoxy groups -OCH3 is 1. The van der Waals surface area contributed by atoms with Crippen molar-refractivity contribution >= 4 is 23.4 Å². The van der Waals surface area contributed by atoms with Crippen molar-refractivity contribution in [3.63, 3.8) is 0 Å². The molecule has 0 bridgehead atoms. The highest BCUT2D eigenvalue weighted by Gasteiger charge is 2.24. The highest BCUT2D eigenvalue weighted by atomic mass is 35.5. The summed E-state index contributed by atoms with van der Waals surface area (Å²) < 4.78 is 10.8. The molecule has 2 aromatic carbocycles. The summed E-state index contributed by atoms with van der Waals surface area (Å²) in [5.74, 6) is -0.231. The number of carbonyl (C=O) groups is 2. The van der Waals surface area contributed by atoms with E-state index in [0.29, 0.717) is 22.1 Å². The van der Waals surface area contributed by atoms with Crippen molar-refractivity contribution in [3.8, 4) is 11.5 Å². The molecule has 0 aliphatic rings. The summed E-state index contributed by atoms with van der Waals surface area (Å²) in [6.45, 7) is 1.57. The molecule has 2 rings (SSSR count). The van der Waals surface area contributed by atoms with Gasteiger partial charge in [0.15, 0.2) is 17.6 Å². The predicted molar refractivity (Wildman–Crippen MR) is 94.6 cm³/mol. The SMILES string of the molecule is COc1ccccc1OC(C)C(=O)NC(C(N)=O)c1ccc(Cl)cc1. The molecular weight excluding hydrogens is 344 g/mol. The van der Waals surface area contributed by atoms with Crippen LogP contribution in [0.2, 0.25) is 5.02 Å². The molecule has 0 aromatic heterocycles. The van der Waals surface area contributed by atoms with E-state index in [4.69, 9.17) is 26.8 Å². The first-order chi connectivity index (χ1) is 11.9. The maximum absolute atomic E-state index is 12.4. The molecule has 2 atom stereocenters. The number of nitrogens with one attached hydrogen (secondary N) is 1. The number of hydrogen-bond acceptors (Lipinski definition) is 4. The van der Waals surface area contributed by atoms with E-state index in [1.54, 1.807) is 55.5 Å². The van der Waals surface area contributed by atoms with Gasteiger partial charge in [-0.3, -0.25) is 9.59 Å². The summed E-state index contributed by atoms with van der Waals surface area (Å²) in [7, 11) is 1.51. The Balaban J connectivity index is 2.10. The van der Waals surface area contributed by atoms with Crippen molar-refractivity contribution in [2.75, 3.05) is 7.11 Å².